The Morgan fingerprint density at radius 1 is 0.958 bits per heavy atom. The van der Waals surface area contributed by atoms with E-state index in [0.29, 0.717) is 40.8 Å². The minimum absolute atomic E-state index is 0.0383. The first-order valence-corrected chi connectivity index (χ1v) is 17.6. The average molecular weight is 674 g/mol. The highest BCUT2D eigenvalue weighted by Crippen LogP contribution is 2.43. The van der Waals surface area contributed by atoms with E-state index in [9.17, 15) is 9.59 Å². The molecule has 2 fully saturated rings. The summed E-state index contributed by atoms with van der Waals surface area (Å²) in [4.78, 5) is 39.6. The van der Waals surface area contributed by atoms with Crippen LogP contribution in [0.15, 0.2) is 54.7 Å². The van der Waals surface area contributed by atoms with Crippen LogP contribution in [0.3, 0.4) is 0 Å². The van der Waals surface area contributed by atoms with Gasteiger partial charge in [-0.2, -0.15) is 0 Å². The zero-order chi connectivity index (χ0) is 34.1. The topological polar surface area (TPSA) is 78.5 Å². The number of fused-ring (bicyclic) bond motifs is 1. The van der Waals surface area contributed by atoms with Crippen LogP contribution in [0.2, 0.25) is 5.02 Å². The predicted octanol–water partition coefficient (Wildman–Crippen LogP) is 6.71. The summed E-state index contributed by atoms with van der Waals surface area (Å²) in [6.45, 7) is 10.4. The van der Waals surface area contributed by atoms with Gasteiger partial charge in [0.05, 0.1) is 50.8 Å². The van der Waals surface area contributed by atoms with Gasteiger partial charge in [0.1, 0.15) is 5.82 Å². The van der Waals surface area contributed by atoms with Gasteiger partial charge in [-0.05, 0) is 112 Å². The third-order valence-corrected chi connectivity index (χ3v) is 10.3. The van der Waals surface area contributed by atoms with Gasteiger partial charge in [0.25, 0.3) is 0 Å². The molecule has 3 aromatic rings. The molecule has 1 saturated carbocycles. The third-order valence-electron chi connectivity index (χ3n) is 10.0. The maximum atomic E-state index is 13.9. The lowest BCUT2D eigenvalue weighted by Gasteiger charge is -2.38. The summed E-state index contributed by atoms with van der Waals surface area (Å²) in [6.07, 6.45) is 6.59. The van der Waals surface area contributed by atoms with Crippen molar-refractivity contribution in [1.82, 2.24) is 14.8 Å². The van der Waals surface area contributed by atoms with E-state index in [-0.39, 0.29) is 30.4 Å². The Bertz CT molecular complexity index is 1600. The van der Waals surface area contributed by atoms with Crippen LogP contribution in [0.4, 0.5) is 11.5 Å². The molecule has 48 heavy (non-hydrogen) atoms. The van der Waals surface area contributed by atoms with Crippen molar-refractivity contribution in [3.8, 4) is 11.5 Å². The quantitative estimate of drug-likeness (QED) is 0.237. The van der Waals surface area contributed by atoms with E-state index in [2.05, 4.69) is 36.8 Å². The maximum absolute atomic E-state index is 13.9. The minimum atomic E-state index is -0.413. The molecule has 1 saturated heterocycles. The van der Waals surface area contributed by atoms with Crippen molar-refractivity contribution in [3.05, 3.63) is 76.4 Å². The van der Waals surface area contributed by atoms with Crippen LogP contribution in [0.5, 0.6) is 11.5 Å². The van der Waals surface area contributed by atoms with Gasteiger partial charge in [-0.3, -0.25) is 19.4 Å². The number of carbonyl (C=O) groups is 2. The molecule has 0 N–H and O–H groups in total. The largest absolute Gasteiger partial charge is 0.493 e. The molecule has 2 aliphatic heterocycles. The first-order chi connectivity index (χ1) is 23.0. The molecule has 9 nitrogen and oxygen atoms in total. The summed E-state index contributed by atoms with van der Waals surface area (Å²) in [7, 11) is 3.74. The number of ether oxygens (including phenoxy) is 2. The zero-order valence-corrected chi connectivity index (χ0v) is 29.7. The number of hydrogen-bond acceptors (Lipinski definition) is 7. The molecule has 10 heteroatoms. The number of pyridine rings is 1. The molecular weight excluding hydrogens is 626 g/mol. The van der Waals surface area contributed by atoms with Crippen LogP contribution < -0.4 is 19.3 Å². The van der Waals surface area contributed by atoms with Crippen molar-refractivity contribution in [2.45, 2.75) is 84.0 Å². The highest BCUT2D eigenvalue weighted by atomic mass is 35.5. The summed E-state index contributed by atoms with van der Waals surface area (Å²) >= 11 is 6.28. The number of aromatic nitrogens is 1. The fourth-order valence-corrected chi connectivity index (χ4v) is 7.64. The average Bonchev–Trinajstić information content (AvgIpc) is 3.46. The van der Waals surface area contributed by atoms with Crippen molar-refractivity contribution in [1.29, 1.82) is 0 Å². The molecular formula is C38H48ClN5O4. The van der Waals surface area contributed by atoms with Gasteiger partial charge in [0.2, 0.25) is 11.8 Å². The Morgan fingerprint density at radius 2 is 1.69 bits per heavy atom. The molecule has 256 valence electrons. The van der Waals surface area contributed by atoms with Crippen LogP contribution in [-0.2, 0) is 16.0 Å². The molecule has 3 aliphatic rings. The van der Waals surface area contributed by atoms with Gasteiger partial charge in [-0.25, -0.2) is 4.98 Å². The van der Waals surface area contributed by atoms with Crippen LogP contribution in [0.25, 0.3) is 0 Å². The number of hydrogen-bond donors (Lipinski definition) is 0. The van der Waals surface area contributed by atoms with E-state index in [0.717, 1.165) is 61.3 Å². The number of benzene rings is 2. The van der Waals surface area contributed by atoms with Gasteiger partial charge in [0.15, 0.2) is 11.5 Å². The molecule has 0 unspecified atom stereocenters. The fourth-order valence-electron chi connectivity index (χ4n) is 7.51. The summed E-state index contributed by atoms with van der Waals surface area (Å²) < 4.78 is 11.8. The molecule has 1 atom stereocenters. The number of nitrogens with zero attached hydrogens (tertiary/aromatic N) is 5. The first kappa shape index (κ1) is 34.1. The van der Waals surface area contributed by atoms with Crippen molar-refractivity contribution in [2.75, 3.05) is 43.7 Å². The van der Waals surface area contributed by atoms with E-state index in [1.54, 1.807) is 12.0 Å². The normalized spacial score (nSPS) is 21.6. The maximum Gasteiger partial charge on any atom is 0.238 e. The van der Waals surface area contributed by atoms with Crippen molar-refractivity contribution < 1.29 is 19.1 Å². The van der Waals surface area contributed by atoms with Crippen LogP contribution in [0.1, 0.15) is 76.1 Å². The van der Waals surface area contributed by atoms with E-state index in [1.807, 2.05) is 67.4 Å². The van der Waals surface area contributed by atoms with E-state index in [1.165, 1.54) is 0 Å². The molecule has 1 aliphatic carbocycles. The van der Waals surface area contributed by atoms with Crippen molar-refractivity contribution in [2.24, 2.45) is 5.92 Å². The number of carbonyl (C=O) groups excluding carboxylic acids is 2. The summed E-state index contributed by atoms with van der Waals surface area (Å²) in [6, 6.07) is 15.9. The Balaban J connectivity index is 1.18. The Labute approximate surface area is 289 Å². The highest BCUT2D eigenvalue weighted by Gasteiger charge is 2.38. The van der Waals surface area contributed by atoms with Gasteiger partial charge in [-0.15, -0.1) is 0 Å². The molecule has 2 aromatic carbocycles. The molecule has 0 bridgehead atoms. The van der Waals surface area contributed by atoms with Gasteiger partial charge >= 0.3 is 0 Å². The lowest BCUT2D eigenvalue weighted by Crippen LogP contribution is -2.41. The first-order valence-electron chi connectivity index (χ1n) is 17.2. The van der Waals surface area contributed by atoms with Crippen LogP contribution >= 0.6 is 11.6 Å². The van der Waals surface area contributed by atoms with Gasteiger partial charge < -0.3 is 19.3 Å². The fraction of sp³-hybridized carbons (Fsp3) is 0.500. The minimum Gasteiger partial charge on any atom is -0.493 e. The SMILES string of the molecule is COc1cc2c(cc1OC(C)C)[C@H](c1ccc(Cl)cc1)N(c1ccc(N(C)CC3CCC(N4CC(=O)N(C(C)C)C4)CC3)cn1)C(=O)C2. The third kappa shape index (κ3) is 7.13. The lowest BCUT2D eigenvalue weighted by atomic mass is 9.85. The summed E-state index contributed by atoms with van der Waals surface area (Å²) in [5.74, 6) is 2.65. The van der Waals surface area contributed by atoms with E-state index < -0.39 is 6.04 Å². The van der Waals surface area contributed by atoms with E-state index in [4.69, 9.17) is 26.1 Å². The van der Waals surface area contributed by atoms with Crippen molar-refractivity contribution in [3.63, 3.8) is 0 Å². The molecule has 2 amide bonds. The number of methoxy groups -OCH3 is 1. The zero-order valence-electron chi connectivity index (χ0n) is 29.0. The van der Waals surface area contributed by atoms with Gasteiger partial charge in [0, 0.05) is 30.7 Å². The molecule has 3 heterocycles. The Morgan fingerprint density at radius 3 is 2.29 bits per heavy atom. The summed E-state index contributed by atoms with van der Waals surface area (Å²) in [5, 5.41) is 0.633. The molecule has 0 spiro atoms. The summed E-state index contributed by atoms with van der Waals surface area (Å²) in [5.41, 5.74) is 3.83. The molecule has 1 aromatic heterocycles. The Hall–Kier alpha value is -3.82. The number of rotatable bonds is 10. The highest BCUT2D eigenvalue weighted by molar-refractivity contribution is 6.30. The smallest absolute Gasteiger partial charge is 0.238 e. The Kier molecular flexibility index (Phi) is 10.2. The second kappa shape index (κ2) is 14.3. The predicted molar refractivity (Wildman–Crippen MR) is 190 cm³/mol. The van der Waals surface area contributed by atoms with E-state index >= 15 is 0 Å². The molecule has 6 rings (SSSR count). The van der Waals surface area contributed by atoms with Crippen molar-refractivity contribution >= 4 is 34.9 Å². The molecule has 0 radical (unpaired) electrons. The number of amides is 2. The van der Waals surface area contributed by atoms with Crippen LogP contribution in [-0.4, -0.2) is 78.7 Å². The number of halogens is 1. The van der Waals surface area contributed by atoms with Crippen LogP contribution in [0, 0.1) is 5.92 Å². The lowest BCUT2D eigenvalue weighted by molar-refractivity contribution is -0.128. The van der Waals surface area contributed by atoms with Gasteiger partial charge in [-0.1, -0.05) is 23.7 Å². The monoisotopic (exact) mass is 673 g/mol. The second-order valence-electron chi connectivity index (χ2n) is 14.0. The number of anilines is 2. The second-order valence-corrected chi connectivity index (χ2v) is 14.5. The standard InChI is InChI=1S/C38H48ClN5O4/c1-24(2)43-23-42(22-37(43)46)30-13-7-26(8-14-30)21-41(5)31-15-16-35(40-20-31)44-36(45)18-28-17-33(47-6)34(48-25(3)4)19-32(28)38(44)27-9-11-29(39)12-10-27/h9-12,15-17,19-20,24-26,30,38H,7-8,13-14,18,21-23H2,1-6H3/t26?,30?,38-/m0/s1.